The molecule has 2 rings (SSSR count). The van der Waals surface area contributed by atoms with Crippen LogP contribution in [0.15, 0.2) is 14.5 Å². The van der Waals surface area contributed by atoms with Gasteiger partial charge in [0.1, 0.15) is 20.6 Å². The van der Waals surface area contributed by atoms with Crippen LogP contribution in [0.3, 0.4) is 0 Å². The van der Waals surface area contributed by atoms with Crippen LogP contribution in [0, 0.1) is 0 Å². The Labute approximate surface area is 211 Å². The van der Waals surface area contributed by atoms with Crippen LogP contribution in [0.1, 0.15) is 52.6 Å². The highest BCUT2D eigenvalue weighted by Crippen LogP contribution is 2.40. The maximum Gasteiger partial charge on any atom is 0.252 e. The first kappa shape index (κ1) is 30.0. The van der Waals surface area contributed by atoms with Crippen molar-refractivity contribution >= 4 is 42.9 Å². The Morgan fingerprint density at radius 1 is 1.26 bits per heavy atom. The van der Waals surface area contributed by atoms with E-state index in [1.54, 1.807) is 0 Å². The van der Waals surface area contributed by atoms with Gasteiger partial charge in [-0.25, -0.2) is 21.6 Å². The number of carbonyl (C=O) groups is 2. The van der Waals surface area contributed by atoms with Crippen LogP contribution in [0.2, 0.25) is 0 Å². The van der Waals surface area contributed by atoms with Crippen LogP contribution >= 0.6 is 11.3 Å². The standard InChI is InChI=1S/C21H35N3O8S3/c1-7-22-18-12-24(9-8-10-31-6)35(29,30)21-17(18)11-19(33-21)34(27,28)23-13(2)20(26)16(5)32-15(4)14(3)25/h11,13,15-16,18,22-23H,7-10,12H2,1-6H3/t13?,15?,16-,18-/m0/s1. The van der Waals surface area contributed by atoms with Crippen molar-refractivity contribution in [2.24, 2.45) is 0 Å². The second-order valence-corrected chi connectivity index (χ2v) is 13.5. The SMILES string of the molecule is CCN[C@H]1CN(CCCOC)S(=O)(=O)c2sc(S(=O)(=O)NC(C)C(=O)[C@H](C)OC(C)C(C)=O)cc21. The summed E-state index contributed by atoms with van der Waals surface area (Å²) >= 11 is 0.660. The zero-order chi connectivity index (χ0) is 26.6. The Bertz CT molecular complexity index is 1120. The largest absolute Gasteiger partial charge is 0.385 e. The zero-order valence-electron chi connectivity index (χ0n) is 20.9. The molecule has 1 aliphatic rings. The summed E-state index contributed by atoms with van der Waals surface area (Å²) < 4.78 is 66.4. The highest BCUT2D eigenvalue weighted by molar-refractivity contribution is 7.94. The molecule has 1 aromatic heterocycles. The first-order valence-corrected chi connectivity index (χ1v) is 15.1. The summed E-state index contributed by atoms with van der Waals surface area (Å²) in [5.41, 5.74) is 0.395. The van der Waals surface area contributed by atoms with Crippen molar-refractivity contribution < 1.29 is 35.9 Å². The predicted molar refractivity (Wildman–Crippen MR) is 131 cm³/mol. The molecule has 200 valence electrons. The molecule has 1 aromatic rings. The molecular formula is C21H35N3O8S3. The number of hydrogen-bond donors (Lipinski definition) is 2. The molecular weight excluding hydrogens is 518 g/mol. The summed E-state index contributed by atoms with van der Waals surface area (Å²) in [6.07, 6.45) is -1.31. The van der Waals surface area contributed by atoms with Gasteiger partial charge >= 0.3 is 0 Å². The lowest BCUT2D eigenvalue weighted by atomic mass is 10.1. The van der Waals surface area contributed by atoms with Crippen molar-refractivity contribution in [1.82, 2.24) is 14.3 Å². The number of ether oxygens (including phenoxy) is 2. The molecule has 4 atom stereocenters. The fraction of sp³-hybridized carbons (Fsp3) is 0.714. The van der Waals surface area contributed by atoms with Crippen LogP contribution in [0.5, 0.6) is 0 Å². The number of rotatable bonds is 14. The van der Waals surface area contributed by atoms with Gasteiger partial charge in [-0.15, -0.1) is 11.3 Å². The molecule has 0 spiro atoms. The molecule has 0 fully saturated rings. The predicted octanol–water partition coefficient (Wildman–Crippen LogP) is 1.06. The van der Waals surface area contributed by atoms with Crippen molar-refractivity contribution in [2.45, 2.75) is 73.7 Å². The minimum Gasteiger partial charge on any atom is -0.385 e. The number of methoxy groups -OCH3 is 1. The van der Waals surface area contributed by atoms with E-state index in [9.17, 15) is 26.4 Å². The molecule has 2 heterocycles. The number of fused-ring (bicyclic) bond motifs is 1. The van der Waals surface area contributed by atoms with Crippen molar-refractivity contribution in [3.8, 4) is 0 Å². The van der Waals surface area contributed by atoms with E-state index >= 15 is 0 Å². The van der Waals surface area contributed by atoms with Gasteiger partial charge in [-0.05, 0) is 46.7 Å². The third-order valence-corrected chi connectivity index (χ3v) is 11.2. The molecule has 0 saturated carbocycles. The lowest BCUT2D eigenvalue weighted by Gasteiger charge is -2.32. The summed E-state index contributed by atoms with van der Waals surface area (Å²) in [6, 6.07) is -0.170. The van der Waals surface area contributed by atoms with E-state index in [1.165, 1.54) is 45.2 Å². The highest BCUT2D eigenvalue weighted by atomic mass is 32.3. The van der Waals surface area contributed by atoms with Gasteiger partial charge in [0.15, 0.2) is 11.6 Å². The summed E-state index contributed by atoms with van der Waals surface area (Å²) in [7, 11) is -6.56. The smallest absolute Gasteiger partial charge is 0.252 e. The van der Waals surface area contributed by atoms with E-state index < -0.39 is 44.1 Å². The minimum absolute atomic E-state index is 0.0292. The molecule has 1 aliphatic heterocycles. The van der Waals surface area contributed by atoms with Gasteiger partial charge in [0.05, 0.1) is 6.04 Å². The van der Waals surface area contributed by atoms with E-state index in [2.05, 4.69) is 10.0 Å². The molecule has 0 saturated heterocycles. The Hall–Kier alpha value is -1.26. The molecule has 14 heteroatoms. The molecule has 0 aromatic carbocycles. The van der Waals surface area contributed by atoms with Gasteiger partial charge in [-0.2, -0.15) is 4.31 Å². The van der Waals surface area contributed by atoms with Crippen LogP contribution in [-0.2, 0) is 39.1 Å². The third kappa shape index (κ3) is 7.16. The van der Waals surface area contributed by atoms with Crippen molar-refractivity contribution in [3.63, 3.8) is 0 Å². The van der Waals surface area contributed by atoms with Gasteiger partial charge in [0.25, 0.3) is 20.0 Å². The number of sulfonamides is 2. The Morgan fingerprint density at radius 2 is 1.91 bits per heavy atom. The van der Waals surface area contributed by atoms with Crippen LogP contribution in [0.4, 0.5) is 0 Å². The average Bonchev–Trinajstić information content (AvgIpc) is 3.24. The number of thiophene rings is 1. The molecule has 11 nitrogen and oxygen atoms in total. The molecule has 2 unspecified atom stereocenters. The fourth-order valence-electron chi connectivity index (χ4n) is 3.65. The number of nitrogens with zero attached hydrogens (tertiary/aromatic N) is 1. The lowest BCUT2D eigenvalue weighted by molar-refractivity contribution is -0.140. The molecule has 2 N–H and O–H groups in total. The number of carbonyl (C=O) groups excluding carboxylic acids is 2. The van der Waals surface area contributed by atoms with Crippen molar-refractivity contribution in [1.29, 1.82) is 0 Å². The highest BCUT2D eigenvalue weighted by Gasteiger charge is 2.40. The van der Waals surface area contributed by atoms with E-state index in [0.29, 0.717) is 36.5 Å². The van der Waals surface area contributed by atoms with Gasteiger partial charge in [-0.1, -0.05) is 6.92 Å². The first-order valence-electron chi connectivity index (χ1n) is 11.3. The normalized spacial score (nSPS) is 20.7. The third-order valence-electron chi connectivity index (χ3n) is 5.65. The van der Waals surface area contributed by atoms with E-state index in [4.69, 9.17) is 9.47 Å². The van der Waals surface area contributed by atoms with E-state index in [-0.39, 0.29) is 33.3 Å². The van der Waals surface area contributed by atoms with Crippen molar-refractivity contribution in [3.05, 3.63) is 11.6 Å². The summed E-state index contributed by atoms with van der Waals surface area (Å²) in [6.45, 7) is 8.94. The maximum absolute atomic E-state index is 13.2. The monoisotopic (exact) mass is 553 g/mol. The number of nitrogens with one attached hydrogen (secondary N) is 2. The van der Waals surface area contributed by atoms with Crippen molar-refractivity contribution in [2.75, 3.05) is 33.4 Å². The van der Waals surface area contributed by atoms with Gasteiger partial charge in [0, 0.05) is 38.4 Å². The number of Topliss-reactive ketones (excluding diaryl/α,β-unsaturated/α-hetero) is 2. The van der Waals surface area contributed by atoms with Gasteiger partial charge < -0.3 is 14.8 Å². The van der Waals surface area contributed by atoms with Gasteiger partial charge in [0.2, 0.25) is 0 Å². The summed E-state index contributed by atoms with van der Waals surface area (Å²) in [4.78, 5) is 24.0. The Kier molecular flexibility index (Phi) is 10.5. The number of hydrogen-bond acceptors (Lipinski definition) is 10. The fourth-order valence-corrected chi connectivity index (χ4v) is 8.76. The molecule has 0 radical (unpaired) electrons. The Morgan fingerprint density at radius 3 is 2.49 bits per heavy atom. The Balaban J connectivity index is 2.30. The molecule has 0 aliphatic carbocycles. The quantitative estimate of drug-likeness (QED) is 0.323. The van der Waals surface area contributed by atoms with Crippen LogP contribution in [-0.4, -0.2) is 84.3 Å². The zero-order valence-corrected chi connectivity index (χ0v) is 23.3. The maximum atomic E-state index is 13.2. The first-order chi connectivity index (χ1) is 16.3. The topological polar surface area (TPSA) is 148 Å². The van der Waals surface area contributed by atoms with Crippen LogP contribution in [0.25, 0.3) is 0 Å². The van der Waals surface area contributed by atoms with Crippen LogP contribution < -0.4 is 10.0 Å². The minimum atomic E-state index is -4.21. The average molecular weight is 554 g/mol. The number of likely N-dealkylation sites (N-methyl/N-ethyl adjacent to an activating group) is 1. The number of ketones is 2. The second-order valence-electron chi connectivity index (χ2n) is 8.40. The summed E-state index contributed by atoms with van der Waals surface area (Å²) in [5, 5.41) is 3.22. The molecule has 0 bridgehead atoms. The summed E-state index contributed by atoms with van der Waals surface area (Å²) in [5.74, 6) is -0.805. The van der Waals surface area contributed by atoms with E-state index in [1.807, 2.05) is 6.92 Å². The lowest BCUT2D eigenvalue weighted by Crippen LogP contribution is -2.44. The van der Waals surface area contributed by atoms with Gasteiger partial charge in [-0.3, -0.25) is 9.59 Å². The molecule has 0 amide bonds. The second kappa shape index (κ2) is 12.3. The molecule has 35 heavy (non-hydrogen) atoms. The van der Waals surface area contributed by atoms with E-state index in [0.717, 1.165) is 0 Å².